The fourth-order valence-electron chi connectivity index (χ4n) is 3.04. The normalized spacial score (nSPS) is 15.6. The van der Waals surface area contributed by atoms with Crippen LogP contribution >= 0.6 is 11.8 Å². The molecule has 2 aromatic carbocycles. The summed E-state index contributed by atoms with van der Waals surface area (Å²) in [5.41, 5.74) is 3.39. The summed E-state index contributed by atoms with van der Waals surface area (Å²) >= 11 is 1.53. The minimum absolute atomic E-state index is 0.105. The molecule has 0 fully saturated rings. The van der Waals surface area contributed by atoms with Crippen LogP contribution in [0.2, 0.25) is 0 Å². The molecule has 1 atom stereocenters. The average molecular weight is 414 g/mol. The fourth-order valence-corrected chi connectivity index (χ4v) is 3.84. The molecule has 0 bridgehead atoms. The lowest BCUT2D eigenvalue weighted by atomic mass is 10.2. The van der Waals surface area contributed by atoms with Crippen LogP contribution in [0.4, 0.5) is 0 Å². The maximum atomic E-state index is 11.2. The van der Waals surface area contributed by atoms with Gasteiger partial charge in [0.15, 0.2) is 6.23 Å². The van der Waals surface area contributed by atoms with Gasteiger partial charge in [-0.2, -0.15) is 0 Å². The lowest BCUT2D eigenvalue weighted by molar-refractivity contribution is -0.137. The minimum Gasteiger partial charge on any atom is -0.494 e. The Morgan fingerprint density at radius 3 is 2.79 bits per heavy atom. The lowest BCUT2D eigenvalue weighted by Gasteiger charge is -2.13. The van der Waals surface area contributed by atoms with E-state index in [0.717, 1.165) is 46.9 Å². The van der Waals surface area contributed by atoms with Gasteiger partial charge in [0.25, 0.3) is 0 Å². The maximum Gasteiger partial charge on any atom is 0.315 e. The lowest BCUT2D eigenvalue weighted by Crippen LogP contribution is -2.16. The van der Waals surface area contributed by atoms with Crippen LogP contribution in [0.15, 0.2) is 66.1 Å². The highest BCUT2D eigenvalue weighted by Gasteiger charge is 2.22. The second-order valence-electron chi connectivity index (χ2n) is 6.76. The van der Waals surface area contributed by atoms with Crippen molar-refractivity contribution in [2.24, 2.45) is 0 Å². The Labute approximate surface area is 176 Å². The molecule has 29 heavy (non-hydrogen) atoms. The zero-order valence-electron chi connectivity index (χ0n) is 16.9. The number of allylic oxidation sites excluding steroid dienone is 2. The van der Waals surface area contributed by atoms with Crippen molar-refractivity contribution in [3.8, 4) is 5.75 Å². The first-order chi connectivity index (χ1) is 14.2. The molecule has 0 spiro atoms. The average Bonchev–Trinajstić information content (AvgIpc) is 3.12. The molecule has 1 N–H and O–H groups in total. The number of esters is 1. The van der Waals surface area contributed by atoms with E-state index >= 15 is 0 Å². The third-order valence-corrected chi connectivity index (χ3v) is 5.56. The number of nitrogens with one attached hydrogen (secondary N) is 1. The van der Waals surface area contributed by atoms with Crippen molar-refractivity contribution in [1.82, 2.24) is 5.32 Å². The molecule has 3 rings (SSSR count). The van der Waals surface area contributed by atoms with Gasteiger partial charge in [0.1, 0.15) is 11.5 Å². The molecule has 6 heteroatoms. The van der Waals surface area contributed by atoms with Crippen LogP contribution in [0, 0.1) is 0 Å². The van der Waals surface area contributed by atoms with Crippen molar-refractivity contribution in [1.29, 1.82) is 0 Å². The van der Waals surface area contributed by atoms with E-state index in [-0.39, 0.29) is 12.2 Å². The zero-order chi connectivity index (χ0) is 20.5. The van der Waals surface area contributed by atoms with Crippen LogP contribution < -0.4 is 10.1 Å². The van der Waals surface area contributed by atoms with E-state index in [1.165, 1.54) is 18.9 Å². The van der Waals surface area contributed by atoms with Gasteiger partial charge in [0.2, 0.25) is 0 Å². The number of hydrogen-bond acceptors (Lipinski definition) is 6. The van der Waals surface area contributed by atoms with Crippen molar-refractivity contribution in [2.75, 3.05) is 19.5 Å². The van der Waals surface area contributed by atoms with E-state index in [4.69, 9.17) is 9.47 Å². The second-order valence-corrected chi connectivity index (χ2v) is 7.74. The fraction of sp³-hybridized carbons (Fsp3) is 0.348. The summed E-state index contributed by atoms with van der Waals surface area (Å²) in [6, 6.07) is 18.2. The summed E-state index contributed by atoms with van der Waals surface area (Å²) in [5.74, 6) is 2.70. The molecule has 1 unspecified atom stereocenters. The maximum absolute atomic E-state index is 11.2. The number of carbonyl (C=O) groups is 1. The smallest absolute Gasteiger partial charge is 0.315 e. The Bertz CT molecular complexity index is 838. The van der Waals surface area contributed by atoms with E-state index in [0.29, 0.717) is 12.4 Å². The largest absolute Gasteiger partial charge is 0.494 e. The summed E-state index contributed by atoms with van der Waals surface area (Å²) in [4.78, 5) is 11.2. The summed E-state index contributed by atoms with van der Waals surface area (Å²) in [6.45, 7) is 2.63. The first-order valence-corrected chi connectivity index (χ1v) is 10.9. The summed E-state index contributed by atoms with van der Waals surface area (Å²) in [6.07, 6.45) is 1.67. The Morgan fingerprint density at radius 2 is 2.00 bits per heavy atom. The molecule has 1 aliphatic heterocycles. The molecule has 0 amide bonds. The molecule has 0 radical (unpaired) electrons. The van der Waals surface area contributed by atoms with E-state index in [1.807, 2.05) is 49.4 Å². The molecular weight excluding hydrogens is 386 g/mol. The molecule has 0 aliphatic carbocycles. The molecule has 1 aliphatic rings. The first kappa shape index (κ1) is 21.1. The minimum atomic E-state index is -0.203. The highest BCUT2D eigenvalue weighted by Crippen LogP contribution is 2.28. The Hall–Kier alpha value is -2.60. The van der Waals surface area contributed by atoms with Crippen LogP contribution in [-0.4, -0.2) is 25.4 Å². The Kier molecular flexibility index (Phi) is 7.87. The van der Waals surface area contributed by atoms with Crippen LogP contribution in [0.3, 0.4) is 0 Å². The van der Waals surface area contributed by atoms with Gasteiger partial charge in [-0.25, -0.2) is 0 Å². The van der Waals surface area contributed by atoms with Gasteiger partial charge < -0.3 is 19.5 Å². The number of ether oxygens (including phenoxy) is 3. The van der Waals surface area contributed by atoms with Gasteiger partial charge in [-0.3, -0.25) is 4.79 Å². The number of methoxy groups -OCH3 is 1. The number of rotatable bonds is 10. The van der Waals surface area contributed by atoms with Crippen molar-refractivity contribution >= 4 is 17.7 Å². The highest BCUT2D eigenvalue weighted by atomic mass is 32.2. The number of benzene rings is 2. The topological polar surface area (TPSA) is 56.8 Å². The monoisotopic (exact) mass is 413 g/mol. The number of hydrogen-bond donors (Lipinski definition) is 1. The van der Waals surface area contributed by atoms with E-state index < -0.39 is 0 Å². The van der Waals surface area contributed by atoms with Gasteiger partial charge in [0.05, 0.1) is 25.2 Å². The van der Waals surface area contributed by atoms with E-state index in [2.05, 4.69) is 22.2 Å². The predicted octanol–water partition coefficient (Wildman–Crippen LogP) is 4.80. The quantitative estimate of drug-likeness (QED) is 0.446. The van der Waals surface area contributed by atoms with Crippen molar-refractivity contribution in [3.63, 3.8) is 0 Å². The highest BCUT2D eigenvalue weighted by molar-refractivity contribution is 7.99. The van der Waals surface area contributed by atoms with E-state index in [9.17, 15) is 4.79 Å². The molecule has 5 nitrogen and oxygen atoms in total. The zero-order valence-corrected chi connectivity index (χ0v) is 17.7. The third kappa shape index (κ3) is 6.46. The number of carbonyl (C=O) groups excluding carboxylic acids is 1. The third-order valence-electron chi connectivity index (χ3n) is 4.58. The van der Waals surface area contributed by atoms with Gasteiger partial charge in [-0.05, 0) is 37.5 Å². The molecule has 0 aromatic heterocycles. The van der Waals surface area contributed by atoms with Crippen LogP contribution in [0.25, 0.3) is 0 Å². The van der Waals surface area contributed by atoms with Gasteiger partial charge in [-0.1, -0.05) is 42.5 Å². The predicted molar refractivity (Wildman–Crippen MR) is 115 cm³/mol. The summed E-state index contributed by atoms with van der Waals surface area (Å²) in [7, 11) is 1.41. The Morgan fingerprint density at radius 1 is 1.17 bits per heavy atom. The SMILES string of the molecule is COC(=O)CSCc1cccc(OCCCC2=C(C)OC(c3ccccc3)N2)c1. The van der Waals surface area contributed by atoms with Crippen molar-refractivity contribution < 1.29 is 19.0 Å². The summed E-state index contributed by atoms with van der Waals surface area (Å²) in [5, 5.41) is 3.46. The van der Waals surface area contributed by atoms with Gasteiger partial charge in [-0.15, -0.1) is 11.8 Å². The van der Waals surface area contributed by atoms with Gasteiger partial charge in [0, 0.05) is 11.3 Å². The number of thioether (sulfide) groups is 1. The molecule has 2 aromatic rings. The standard InChI is InChI=1S/C23H27NO4S/c1-17-21(24-23(28-17)19-9-4-3-5-10-19)12-7-13-27-20-11-6-8-18(14-20)15-29-16-22(25)26-2/h3-6,8-11,14,23-24H,7,12-13,15-16H2,1-2H3. The van der Waals surface area contributed by atoms with Crippen molar-refractivity contribution in [2.45, 2.75) is 31.7 Å². The van der Waals surface area contributed by atoms with Gasteiger partial charge >= 0.3 is 5.97 Å². The van der Waals surface area contributed by atoms with Crippen molar-refractivity contribution in [3.05, 3.63) is 77.2 Å². The van der Waals surface area contributed by atoms with Crippen LogP contribution in [-0.2, 0) is 20.0 Å². The van der Waals surface area contributed by atoms with Crippen LogP contribution in [0.1, 0.15) is 37.1 Å². The summed E-state index contributed by atoms with van der Waals surface area (Å²) < 4.78 is 16.5. The molecular formula is C23H27NO4S. The molecule has 0 saturated heterocycles. The Balaban J connectivity index is 1.40. The van der Waals surface area contributed by atoms with Crippen LogP contribution in [0.5, 0.6) is 5.75 Å². The first-order valence-electron chi connectivity index (χ1n) is 9.70. The second kappa shape index (κ2) is 10.8. The van der Waals surface area contributed by atoms with E-state index in [1.54, 1.807) is 0 Å². The molecule has 0 saturated carbocycles. The molecule has 1 heterocycles. The molecule has 154 valence electrons.